The Bertz CT molecular complexity index is 545. The van der Waals surface area contributed by atoms with Crippen molar-refractivity contribution in [3.63, 3.8) is 0 Å². The van der Waals surface area contributed by atoms with Gasteiger partial charge < -0.3 is 5.32 Å². The number of nitrogens with zero attached hydrogens (tertiary/aromatic N) is 1. The molecule has 0 amide bonds. The summed E-state index contributed by atoms with van der Waals surface area (Å²) in [5.41, 5.74) is 3.72. The standard InChI is InChI=1S/C16H22N2S/c1-5-13-8-7-9-14(10-13)17-11(3)16-12(4)18-15(6-2)19-16/h7-11,17H,5-6H2,1-4H3. The summed E-state index contributed by atoms with van der Waals surface area (Å²) < 4.78 is 0. The van der Waals surface area contributed by atoms with E-state index in [-0.39, 0.29) is 0 Å². The molecule has 0 spiro atoms. The predicted octanol–water partition coefficient (Wildman–Crippen LogP) is 4.75. The first kappa shape index (κ1) is 14.1. The SMILES string of the molecule is CCc1cccc(NC(C)c2sc(CC)nc2C)c1. The number of anilines is 1. The average Bonchev–Trinajstić information content (AvgIpc) is 2.80. The van der Waals surface area contributed by atoms with Crippen molar-refractivity contribution in [2.24, 2.45) is 0 Å². The molecule has 0 fully saturated rings. The van der Waals surface area contributed by atoms with E-state index in [1.54, 1.807) is 0 Å². The van der Waals surface area contributed by atoms with Crippen LogP contribution in [-0.4, -0.2) is 4.98 Å². The van der Waals surface area contributed by atoms with Gasteiger partial charge in [0.05, 0.1) is 16.7 Å². The molecular formula is C16H22N2S. The van der Waals surface area contributed by atoms with Gasteiger partial charge in [-0.15, -0.1) is 11.3 Å². The van der Waals surface area contributed by atoms with Crippen LogP contribution in [0.25, 0.3) is 0 Å². The lowest BCUT2D eigenvalue weighted by Gasteiger charge is -2.15. The minimum atomic E-state index is 0.310. The van der Waals surface area contributed by atoms with Crippen LogP contribution in [0.1, 0.15) is 48.0 Å². The highest BCUT2D eigenvalue weighted by molar-refractivity contribution is 7.11. The monoisotopic (exact) mass is 274 g/mol. The van der Waals surface area contributed by atoms with Gasteiger partial charge in [0.15, 0.2) is 0 Å². The lowest BCUT2D eigenvalue weighted by atomic mass is 10.1. The van der Waals surface area contributed by atoms with Crippen molar-refractivity contribution in [1.29, 1.82) is 0 Å². The Balaban J connectivity index is 2.15. The van der Waals surface area contributed by atoms with Gasteiger partial charge in [-0.3, -0.25) is 0 Å². The molecule has 2 aromatic rings. The molecule has 1 heterocycles. The Hall–Kier alpha value is -1.35. The van der Waals surface area contributed by atoms with Crippen LogP contribution in [0.2, 0.25) is 0 Å². The first-order valence-electron chi connectivity index (χ1n) is 6.95. The molecule has 2 nitrogen and oxygen atoms in total. The third-order valence-electron chi connectivity index (χ3n) is 3.29. The normalized spacial score (nSPS) is 12.4. The van der Waals surface area contributed by atoms with Crippen molar-refractivity contribution in [3.8, 4) is 0 Å². The first-order chi connectivity index (χ1) is 9.13. The summed E-state index contributed by atoms with van der Waals surface area (Å²) >= 11 is 1.82. The van der Waals surface area contributed by atoms with Crippen molar-refractivity contribution in [3.05, 3.63) is 45.4 Å². The van der Waals surface area contributed by atoms with Crippen LogP contribution < -0.4 is 5.32 Å². The Kier molecular flexibility index (Phi) is 4.59. The maximum absolute atomic E-state index is 4.60. The molecule has 0 saturated carbocycles. The fourth-order valence-corrected chi connectivity index (χ4v) is 3.23. The van der Waals surface area contributed by atoms with Crippen LogP contribution in [0.4, 0.5) is 5.69 Å². The minimum Gasteiger partial charge on any atom is -0.378 e. The van der Waals surface area contributed by atoms with E-state index in [9.17, 15) is 0 Å². The maximum atomic E-state index is 4.60. The van der Waals surface area contributed by atoms with Gasteiger partial charge in [-0.2, -0.15) is 0 Å². The molecule has 1 aromatic carbocycles. The molecule has 1 atom stereocenters. The van der Waals surface area contributed by atoms with Crippen LogP contribution in [0.3, 0.4) is 0 Å². The van der Waals surface area contributed by atoms with Crippen molar-refractivity contribution in [2.45, 2.75) is 46.6 Å². The Morgan fingerprint density at radius 1 is 1.26 bits per heavy atom. The van der Waals surface area contributed by atoms with Crippen molar-refractivity contribution in [1.82, 2.24) is 4.98 Å². The smallest absolute Gasteiger partial charge is 0.0929 e. The zero-order valence-corrected chi connectivity index (χ0v) is 13.0. The van der Waals surface area contributed by atoms with Gasteiger partial charge in [0.25, 0.3) is 0 Å². The molecule has 3 heteroatoms. The second kappa shape index (κ2) is 6.20. The highest BCUT2D eigenvalue weighted by atomic mass is 32.1. The molecule has 0 saturated heterocycles. The van der Waals surface area contributed by atoms with E-state index in [0.717, 1.165) is 18.5 Å². The lowest BCUT2D eigenvalue weighted by Crippen LogP contribution is -2.06. The summed E-state index contributed by atoms with van der Waals surface area (Å²) in [6.07, 6.45) is 2.09. The van der Waals surface area contributed by atoms with Crippen molar-refractivity contribution in [2.75, 3.05) is 5.32 Å². The largest absolute Gasteiger partial charge is 0.378 e. The highest BCUT2D eigenvalue weighted by Gasteiger charge is 2.13. The number of nitrogens with one attached hydrogen (secondary N) is 1. The molecule has 0 aliphatic carbocycles. The molecule has 0 bridgehead atoms. The number of hydrogen-bond donors (Lipinski definition) is 1. The van der Waals surface area contributed by atoms with Crippen LogP contribution in [0.15, 0.2) is 24.3 Å². The van der Waals surface area contributed by atoms with E-state index in [1.165, 1.54) is 21.1 Å². The summed E-state index contributed by atoms with van der Waals surface area (Å²) in [7, 11) is 0. The van der Waals surface area contributed by atoms with Gasteiger partial charge in [0.1, 0.15) is 0 Å². The number of benzene rings is 1. The van der Waals surface area contributed by atoms with Gasteiger partial charge in [0.2, 0.25) is 0 Å². The van der Waals surface area contributed by atoms with Gasteiger partial charge in [0, 0.05) is 10.6 Å². The zero-order valence-electron chi connectivity index (χ0n) is 12.2. The summed E-state index contributed by atoms with van der Waals surface area (Å²) in [6, 6.07) is 8.96. The highest BCUT2D eigenvalue weighted by Crippen LogP contribution is 2.28. The summed E-state index contributed by atoms with van der Waals surface area (Å²) in [6.45, 7) is 8.65. The molecule has 19 heavy (non-hydrogen) atoms. The molecular weight excluding hydrogens is 252 g/mol. The van der Waals surface area contributed by atoms with E-state index in [0.29, 0.717) is 6.04 Å². The Morgan fingerprint density at radius 3 is 2.68 bits per heavy atom. The molecule has 0 aliphatic rings. The molecule has 0 aliphatic heterocycles. The zero-order chi connectivity index (χ0) is 13.8. The van der Waals surface area contributed by atoms with Crippen LogP contribution in [-0.2, 0) is 12.8 Å². The summed E-state index contributed by atoms with van der Waals surface area (Å²) in [5, 5.41) is 4.81. The van der Waals surface area contributed by atoms with Gasteiger partial charge >= 0.3 is 0 Å². The van der Waals surface area contributed by atoms with Crippen LogP contribution in [0.5, 0.6) is 0 Å². The van der Waals surface area contributed by atoms with Gasteiger partial charge in [-0.05, 0) is 44.4 Å². The third-order valence-corrected chi connectivity index (χ3v) is 4.78. The summed E-state index contributed by atoms with van der Waals surface area (Å²) in [4.78, 5) is 5.95. The average molecular weight is 274 g/mol. The molecule has 1 aromatic heterocycles. The van der Waals surface area contributed by atoms with Crippen LogP contribution in [0, 0.1) is 6.92 Å². The van der Waals surface area contributed by atoms with E-state index in [2.05, 4.69) is 62.3 Å². The predicted molar refractivity (Wildman–Crippen MR) is 84.1 cm³/mol. The number of aryl methyl sites for hydroxylation is 3. The van der Waals surface area contributed by atoms with Gasteiger partial charge in [-0.1, -0.05) is 26.0 Å². The minimum absolute atomic E-state index is 0.310. The third kappa shape index (κ3) is 3.35. The summed E-state index contributed by atoms with van der Waals surface area (Å²) in [5.74, 6) is 0. The first-order valence-corrected chi connectivity index (χ1v) is 7.77. The second-order valence-corrected chi connectivity index (χ2v) is 5.95. The number of thiazole rings is 1. The van der Waals surface area contributed by atoms with Crippen LogP contribution >= 0.6 is 11.3 Å². The molecule has 0 radical (unpaired) electrons. The number of rotatable bonds is 5. The second-order valence-electron chi connectivity index (χ2n) is 4.83. The van der Waals surface area contributed by atoms with Gasteiger partial charge in [-0.25, -0.2) is 4.98 Å². The van der Waals surface area contributed by atoms with Crippen molar-refractivity contribution >= 4 is 17.0 Å². The maximum Gasteiger partial charge on any atom is 0.0929 e. The topological polar surface area (TPSA) is 24.9 Å². The molecule has 102 valence electrons. The Labute approximate surface area is 119 Å². The van der Waals surface area contributed by atoms with E-state index >= 15 is 0 Å². The van der Waals surface area contributed by atoms with E-state index in [4.69, 9.17) is 0 Å². The number of aromatic nitrogens is 1. The lowest BCUT2D eigenvalue weighted by molar-refractivity contribution is 0.888. The Morgan fingerprint density at radius 2 is 2.05 bits per heavy atom. The fraction of sp³-hybridized carbons (Fsp3) is 0.438. The molecule has 1 N–H and O–H groups in total. The quantitative estimate of drug-likeness (QED) is 0.851. The van der Waals surface area contributed by atoms with Crippen molar-refractivity contribution < 1.29 is 0 Å². The van der Waals surface area contributed by atoms with E-state index < -0.39 is 0 Å². The molecule has 2 rings (SSSR count). The van der Waals surface area contributed by atoms with E-state index in [1.807, 2.05) is 11.3 Å². The molecule has 1 unspecified atom stereocenters. The number of hydrogen-bond acceptors (Lipinski definition) is 3. The fourth-order valence-electron chi connectivity index (χ4n) is 2.22.